The highest BCUT2D eigenvalue weighted by Crippen LogP contribution is 2.35. The molecule has 2 heterocycles. The Morgan fingerprint density at radius 3 is 2.29 bits per heavy atom. The summed E-state index contributed by atoms with van der Waals surface area (Å²) in [6, 6.07) is 7.64. The normalized spacial score (nSPS) is 17.5. The standard InChI is InChI=1S/C21H24N2O5/c1-27-20(25)16-7-5-6-12-23(19(16)21(26)28-2)18-9-4-3-8-17(18)22-13-10-15(24)11-14-22/h3-9,12,15,24H,10-11,13-14H2,1-2H3. The van der Waals surface area contributed by atoms with Gasteiger partial charge >= 0.3 is 11.9 Å². The van der Waals surface area contributed by atoms with Crippen LogP contribution in [-0.2, 0) is 19.1 Å². The lowest BCUT2D eigenvalue weighted by Gasteiger charge is -2.35. The van der Waals surface area contributed by atoms with E-state index in [0.717, 1.165) is 11.4 Å². The van der Waals surface area contributed by atoms with Crippen molar-refractivity contribution in [1.82, 2.24) is 0 Å². The fourth-order valence-electron chi connectivity index (χ4n) is 3.39. The minimum atomic E-state index is -0.638. The molecule has 7 nitrogen and oxygen atoms in total. The molecule has 1 aromatic rings. The van der Waals surface area contributed by atoms with Crippen LogP contribution in [0.1, 0.15) is 12.8 Å². The van der Waals surface area contributed by atoms with E-state index >= 15 is 0 Å². The molecule has 2 aliphatic heterocycles. The first kappa shape index (κ1) is 19.7. The molecule has 2 aliphatic rings. The average Bonchev–Trinajstić information content (AvgIpc) is 2.96. The van der Waals surface area contributed by atoms with Gasteiger partial charge in [0.1, 0.15) is 5.70 Å². The highest BCUT2D eigenvalue weighted by Gasteiger charge is 2.30. The first-order valence-electron chi connectivity index (χ1n) is 9.14. The van der Waals surface area contributed by atoms with Crippen molar-refractivity contribution < 1.29 is 24.2 Å². The molecule has 0 spiro atoms. The van der Waals surface area contributed by atoms with Crippen molar-refractivity contribution in [3.63, 3.8) is 0 Å². The zero-order valence-electron chi connectivity index (χ0n) is 16.0. The molecule has 0 amide bonds. The van der Waals surface area contributed by atoms with E-state index in [2.05, 4.69) is 4.90 Å². The summed E-state index contributed by atoms with van der Waals surface area (Å²) in [6.07, 6.45) is 7.75. The van der Waals surface area contributed by atoms with Gasteiger partial charge in [0.2, 0.25) is 0 Å². The predicted molar refractivity (Wildman–Crippen MR) is 106 cm³/mol. The van der Waals surface area contributed by atoms with Crippen LogP contribution in [0.2, 0.25) is 0 Å². The second-order valence-corrected chi connectivity index (χ2v) is 6.52. The minimum Gasteiger partial charge on any atom is -0.465 e. The topological polar surface area (TPSA) is 79.3 Å². The van der Waals surface area contributed by atoms with Gasteiger partial charge in [-0.3, -0.25) is 0 Å². The number of para-hydroxylation sites is 2. The number of piperidine rings is 1. The van der Waals surface area contributed by atoms with Gasteiger partial charge in [-0.15, -0.1) is 0 Å². The summed E-state index contributed by atoms with van der Waals surface area (Å²) >= 11 is 0. The number of aliphatic hydroxyl groups excluding tert-OH is 1. The van der Waals surface area contributed by atoms with E-state index in [1.165, 1.54) is 20.3 Å². The number of carbonyl (C=O) groups excluding carboxylic acids is 2. The number of carbonyl (C=O) groups is 2. The van der Waals surface area contributed by atoms with E-state index in [0.29, 0.717) is 25.9 Å². The Kier molecular flexibility index (Phi) is 6.16. The zero-order valence-corrected chi connectivity index (χ0v) is 16.0. The van der Waals surface area contributed by atoms with Crippen molar-refractivity contribution in [2.24, 2.45) is 0 Å². The van der Waals surface area contributed by atoms with E-state index in [4.69, 9.17) is 9.47 Å². The molecule has 1 fully saturated rings. The second-order valence-electron chi connectivity index (χ2n) is 6.52. The van der Waals surface area contributed by atoms with Crippen LogP contribution in [0.4, 0.5) is 11.4 Å². The van der Waals surface area contributed by atoms with Crippen LogP contribution in [0, 0.1) is 0 Å². The SMILES string of the molecule is COC(=O)C1=C(C(=O)OC)N(c2ccccc2N2CCC(O)CC2)C=CC=C1. The van der Waals surface area contributed by atoms with E-state index in [1.54, 1.807) is 23.3 Å². The van der Waals surface area contributed by atoms with Crippen molar-refractivity contribution in [3.8, 4) is 0 Å². The van der Waals surface area contributed by atoms with Crippen molar-refractivity contribution in [1.29, 1.82) is 0 Å². The fourth-order valence-corrected chi connectivity index (χ4v) is 3.39. The molecule has 1 N–H and O–H groups in total. The molecule has 0 aromatic heterocycles. The van der Waals surface area contributed by atoms with Gasteiger partial charge in [-0.2, -0.15) is 0 Å². The van der Waals surface area contributed by atoms with E-state index in [9.17, 15) is 14.7 Å². The van der Waals surface area contributed by atoms with Crippen LogP contribution in [-0.4, -0.2) is 50.5 Å². The van der Waals surface area contributed by atoms with Crippen molar-refractivity contribution in [3.05, 3.63) is 60.0 Å². The third-order valence-electron chi connectivity index (χ3n) is 4.84. The van der Waals surface area contributed by atoms with Crippen LogP contribution >= 0.6 is 0 Å². The van der Waals surface area contributed by atoms with Gasteiger partial charge in [0, 0.05) is 19.3 Å². The lowest BCUT2D eigenvalue weighted by Crippen LogP contribution is -2.37. The Balaban J connectivity index is 2.11. The molecule has 148 valence electrons. The smallest absolute Gasteiger partial charge is 0.355 e. The molecule has 1 saturated heterocycles. The summed E-state index contributed by atoms with van der Waals surface area (Å²) in [5.41, 5.74) is 1.85. The van der Waals surface area contributed by atoms with E-state index in [-0.39, 0.29) is 17.4 Å². The number of rotatable bonds is 4. The Morgan fingerprint density at radius 2 is 1.64 bits per heavy atom. The molecule has 0 radical (unpaired) electrons. The van der Waals surface area contributed by atoms with Crippen molar-refractivity contribution in [2.45, 2.75) is 18.9 Å². The molecule has 7 heteroatoms. The third-order valence-corrected chi connectivity index (χ3v) is 4.84. The number of hydrogen-bond donors (Lipinski definition) is 1. The number of ether oxygens (including phenoxy) is 2. The predicted octanol–water partition coefficient (Wildman–Crippen LogP) is 2.14. The van der Waals surface area contributed by atoms with Crippen LogP contribution in [0.5, 0.6) is 0 Å². The van der Waals surface area contributed by atoms with Crippen LogP contribution in [0.25, 0.3) is 0 Å². The van der Waals surface area contributed by atoms with Crippen LogP contribution < -0.4 is 9.80 Å². The minimum absolute atomic E-state index is 0.0869. The number of nitrogens with zero attached hydrogens (tertiary/aromatic N) is 2. The first-order valence-corrected chi connectivity index (χ1v) is 9.14. The number of esters is 2. The molecule has 0 atom stereocenters. The first-order chi connectivity index (χ1) is 13.6. The number of hydrogen-bond acceptors (Lipinski definition) is 7. The lowest BCUT2D eigenvalue weighted by atomic mass is 10.1. The Bertz CT molecular complexity index is 835. The van der Waals surface area contributed by atoms with Crippen LogP contribution in [0.15, 0.2) is 60.0 Å². The van der Waals surface area contributed by atoms with Gasteiger partial charge < -0.3 is 24.4 Å². The highest BCUT2D eigenvalue weighted by molar-refractivity contribution is 6.06. The molecule has 0 unspecified atom stereocenters. The van der Waals surface area contributed by atoms with Gasteiger partial charge in [-0.05, 0) is 37.1 Å². The zero-order chi connectivity index (χ0) is 20.1. The van der Waals surface area contributed by atoms with Crippen molar-refractivity contribution >= 4 is 23.3 Å². The maximum Gasteiger partial charge on any atom is 0.355 e. The lowest BCUT2D eigenvalue weighted by molar-refractivity contribution is -0.139. The Morgan fingerprint density at radius 1 is 1.00 bits per heavy atom. The summed E-state index contributed by atoms with van der Waals surface area (Å²) in [5, 5.41) is 9.82. The molecular formula is C21H24N2O5. The van der Waals surface area contributed by atoms with Gasteiger partial charge in [0.05, 0.1) is 37.3 Å². The van der Waals surface area contributed by atoms with Crippen molar-refractivity contribution in [2.75, 3.05) is 37.1 Å². The number of benzene rings is 1. The van der Waals surface area contributed by atoms with Gasteiger partial charge in [0.15, 0.2) is 0 Å². The van der Waals surface area contributed by atoms with Crippen LogP contribution in [0.3, 0.4) is 0 Å². The summed E-state index contributed by atoms with van der Waals surface area (Å²) in [6.45, 7) is 1.41. The molecule has 3 rings (SSSR count). The summed E-state index contributed by atoms with van der Waals surface area (Å²) in [7, 11) is 2.55. The van der Waals surface area contributed by atoms with E-state index in [1.807, 2.05) is 24.3 Å². The average molecular weight is 384 g/mol. The Labute approximate surface area is 164 Å². The van der Waals surface area contributed by atoms with Gasteiger partial charge in [0.25, 0.3) is 0 Å². The van der Waals surface area contributed by atoms with Gasteiger partial charge in [-0.1, -0.05) is 18.2 Å². The fraction of sp³-hybridized carbons (Fsp3) is 0.333. The quantitative estimate of drug-likeness (QED) is 0.797. The summed E-state index contributed by atoms with van der Waals surface area (Å²) in [5.74, 6) is -1.26. The monoisotopic (exact) mass is 384 g/mol. The number of methoxy groups -OCH3 is 2. The second kappa shape index (κ2) is 8.75. The van der Waals surface area contributed by atoms with Gasteiger partial charge in [-0.25, -0.2) is 9.59 Å². The largest absolute Gasteiger partial charge is 0.465 e. The molecule has 28 heavy (non-hydrogen) atoms. The maximum absolute atomic E-state index is 12.6. The highest BCUT2D eigenvalue weighted by atomic mass is 16.5. The third kappa shape index (κ3) is 3.94. The Hall–Kier alpha value is -3.06. The number of aliphatic hydroxyl groups is 1. The molecule has 0 saturated carbocycles. The maximum atomic E-state index is 12.6. The molecule has 0 aliphatic carbocycles. The summed E-state index contributed by atoms with van der Waals surface area (Å²) < 4.78 is 9.82. The summed E-state index contributed by atoms with van der Waals surface area (Å²) in [4.78, 5) is 28.8. The number of allylic oxidation sites excluding steroid dienone is 2. The molecule has 0 bridgehead atoms. The molecule has 1 aromatic carbocycles. The number of anilines is 2. The molecular weight excluding hydrogens is 360 g/mol. The van der Waals surface area contributed by atoms with E-state index < -0.39 is 11.9 Å².